The summed E-state index contributed by atoms with van der Waals surface area (Å²) in [4.78, 5) is 39.3. The number of likely N-dealkylation sites (tertiary alicyclic amines) is 1. The molecule has 0 saturated carbocycles. The van der Waals surface area contributed by atoms with Crippen molar-refractivity contribution in [3.63, 3.8) is 0 Å². The van der Waals surface area contributed by atoms with Gasteiger partial charge in [0.25, 0.3) is 5.91 Å². The Kier molecular flexibility index (Phi) is 4.42. The third-order valence-electron chi connectivity index (χ3n) is 6.33. The number of para-hydroxylation sites is 1. The van der Waals surface area contributed by atoms with E-state index in [9.17, 15) is 14.4 Å². The number of rotatable bonds is 2. The van der Waals surface area contributed by atoms with E-state index in [1.165, 1.54) is 0 Å². The second-order valence-corrected chi connectivity index (χ2v) is 8.16. The number of hydrogen-bond donors (Lipinski definition) is 3. The van der Waals surface area contributed by atoms with Crippen LogP contribution >= 0.6 is 0 Å². The monoisotopic (exact) mass is 405 g/mol. The maximum atomic E-state index is 12.9. The number of allylic oxidation sites excluding steroid dienone is 3. The molecule has 4 aliphatic rings. The molecule has 3 N–H and O–H groups in total. The molecule has 1 saturated heterocycles. The van der Waals surface area contributed by atoms with Crippen LogP contribution in [0.4, 0.5) is 5.69 Å². The lowest BCUT2D eigenvalue weighted by Gasteiger charge is -2.46. The van der Waals surface area contributed by atoms with Gasteiger partial charge in [0.05, 0.1) is 23.6 Å². The summed E-state index contributed by atoms with van der Waals surface area (Å²) in [5.74, 6) is -0.707. The normalized spacial score (nSPS) is 26.1. The van der Waals surface area contributed by atoms with E-state index in [0.29, 0.717) is 37.2 Å². The number of carbonyl (C=O) groups excluding carboxylic acids is 3. The Hall–Kier alpha value is -3.42. The number of hydrazone groups is 1. The second-order valence-electron chi connectivity index (χ2n) is 8.16. The van der Waals surface area contributed by atoms with Crippen LogP contribution in [-0.4, -0.2) is 47.1 Å². The Morgan fingerprint density at radius 2 is 1.80 bits per heavy atom. The summed E-state index contributed by atoms with van der Waals surface area (Å²) in [6, 6.07) is 7.46. The summed E-state index contributed by atoms with van der Waals surface area (Å²) in [5, 5.41) is 10.7. The summed E-state index contributed by atoms with van der Waals surface area (Å²) in [5.41, 5.74) is 4.16. The molecular weight excluding hydrogens is 382 g/mol. The van der Waals surface area contributed by atoms with Crippen molar-refractivity contribution >= 4 is 29.1 Å². The quantitative estimate of drug-likeness (QED) is 0.692. The molecule has 1 fully saturated rings. The van der Waals surface area contributed by atoms with Crippen molar-refractivity contribution in [1.82, 2.24) is 15.6 Å². The zero-order valence-electron chi connectivity index (χ0n) is 16.4. The van der Waals surface area contributed by atoms with Gasteiger partial charge in [-0.25, -0.2) is 5.43 Å². The van der Waals surface area contributed by atoms with Gasteiger partial charge >= 0.3 is 0 Å². The van der Waals surface area contributed by atoms with Crippen LogP contribution in [0.5, 0.6) is 0 Å². The van der Waals surface area contributed by atoms with E-state index in [0.717, 1.165) is 5.69 Å². The Labute approximate surface area is 174 Å². The Morgan fingerprint density at radius 3 is 2.60 bits per heavy atom. The number of amides is 3. The molecule has 3 aliphatic heterocycles. The molecule has 1 aromatic rings. The summed E-state index contributed by atoms with van der Waals surface area (Å²) < 4.78 is 0. The van der Waals surface area contributed by atoms with Crippen molar-refractivity contribution < 1.29 is 14.4 Å². The molecule has 154 valence electrons. The first kappa shape index (κ1) is 18.6. The average Bonchev–Trinajstić information content (AvgIpc) is 2.76. The maximum absolute atomic E-state index is 12.9. The topological polar surface area (TPSA) is 103 Å². The van der Waals surface area contributed by atoms with Crippen molar-refractivity contribution in [2.45, 2.75) is 24.9 Å². The minimum absolute atomic E-state index is 0.0102. The molecule has 3 heterocycles. The van der Waals surface area contributed by atoms with Gasteiger partial charge in [0.15, 0.2) is 0 Å². The lowest BCUT2D eigenvalue weighted by Crippen LogP contribution is -2.62. The van der Waals surface area contributed by atoms with E-state index in [-0.39, 0.29) is 36.0 Å². The van der Waals surface area contributed by atoms with Crippen molar-refractivity contribution in [3.8, 4) is 0 Å². The Balaban J connectivity index is 1.24. The molecule has 0 unspecified atom stereocenters. The van der Waals surface area contributed by atoms with Crippen molar-refractivity contribution in [1.29, 1.82) is 0 Å². The predicted molar refractivity (Wildman–Crippen MR) is 112 cm³/mol. The summed E-state index contributed by atoms with van der Waals surface area (Å²) in [7, 11) is 0. The first-order valence-corrected chi connectivity index (χ1v) is 10.2. The van der Waals surface area contributed by atoms with Gasteiger partial charge in [0, 0.05) is 37.5 Å². The van der Waals surface area contributed by atoms with E-state index in [1.807, 2.05) is 47.4 Å². The van der Waals surface area contributed by atoms with E-state index in [4.69, 9.17) is 0 Å². The molecule has 8 heteroatoms. The maximum Gasteiger partial charge on any atom is 0.255 e. The molecule has 2 atom stereocenters. The lowest BCUT2D eigenvalue weighted by molar-refractivity contribution is -0.132. The van der Waals surface area contributed by atoms with Crippen LogP contribution in [0.25, 0.3) is 0 Å². The second kappa shape index (κ2) is 7.12. The average molecular weight is 405 g/mol. The number of hydrogen-bond acceptors (Lipinski definition) is 5. The molecule has 0 aromatic heterocycles. The number of nitrogens with one attached hydrogen (secondary N) is 3. The predicted octanol–water partition coefficient (Wildman–Crippen LogP) is 1.39. The summed E-state index contributed by atoms with van der Waals surface area (Å²) in [6.07, 6.45) is 8.93. The SMILES string of the molecule is O=C1NC2(CCN(C(=O)CC3=NNC(=O)[C@@H]4C=CC=C[C@H]34)CC2)Nc2ccccc21. The van der Waals surface area contributed by atoms with Crippen molar-refractivity contribution in [2.75, 3.05) is 18.4 Å². The first-order chi connectivity index (χ1) is 14.5. The van der Waals surface area contributed by atoms with Crippen LogP contribution < -0.4 is 16.1 Å². The fourth-order valence-corrected chi connectivity index (χ4v) is 4.63. The van der Waals surface area contributed by atoms with Crippen LogP contribution in [0.15, 0.2) is 53.7 Å². The van der Waals surface area contributed by atoms with Gasteiger partial charge in [0.1, 0.15) is 5.66 Å². The highest BCUT2D eigenvalue weighted by molar-refractivity contribution is 6.07. The van der Waals surface area contributed by atoms with Gasteiger partial charge in [-0.3, -0.25) is 14.4 Å². The number of anilines is 1. The van der Waals surface area contributed by atoms with Crippen molar-refractivity contribution in [2.24, 2.45) is 16.9 Å². The van der Waals surface area contributed by atoms with Crippen LogP contribution in [0.3, 0.4) is 0 Å². The lowest BCUT2D eigenvalue weighted by atomic mass is 9.82. The van der Waals surface area contributed by atoms with Crippen LogP contribution in [0, 0.1) is 11.8 Å². The number of fused-ring (bicyclic) bond motifs is 2. The highest BCUT2D eigenvalue weighted by atomic mass is 16.2. The summed E-state index contributed by atoms with van der Waals surface area (Å²) >= 11 is 0. The molecule has 8 nitrogen and oxygen atoms in total. The zero-order valence-corrected chi connectivity index (χ0v) is 16.4. The van der Waals surface area contributed by atoms with Gasteiger partial charge in [-0.2, -0.15) is 5.10 Å². The number of piperidine rings is 1. The fourth-order valence-electron chi connectivity index (χ4n) is 4.63. The summed E-state index contributed by atoms with van der Waals surface area (Å²) in [6.45, 7) is 1.08. The van der Waals surface area contributed by atoms with Gasteiger partial charge in [-0.05, 0) is 12.1 Å². The molecule has 0 bridgehead atoms. The first-order valence-electron chi connectivity index (χ1n) is 10.2. The van der Waals surface area contributed by atoms with Crippen LogP contribution in [-0.2, 0) is 9.59 Å². The molecule has 1 spiro atoms. The third kappa shape index (κ3) is 3.18. The molecule has 30 heavy (non-hydrogen) atoms. The van der Waals surface area contributed by atoms with Crippen LogP contribution in [0.2, 0.25) is 0 Å². The highest BCUT2D eigenvalue weighted by Gasteiger charge is 2.41. The molecule has 1 aromatic carbocycles. The van der Waals surface area contributed by atoms with Crippen molar-refractivity contribution in [3.05, 3.63) is 54.1 Å². The van der Waals surface area contributed by atoms with E-state index >= 15 is 0 Å². The number of benzene rings is 1. The largest absolute Gasteiger partial charge is 0.362 e. The van der Waals surface area contributed by atoms with E-state index in [1.54, 1.807) is 6.07 Å². The Morgan fingerprint density at radius 1 is 1.07 bits per heavy atom. The standard InChI is InChI=1S/C22H23N5O3/c28-19(13-18-14-5-1-2-6-15(14)21(30)26-25-18)27-11-9-22(10-12-27)23-17-8-4-3-7-16(17)20(29)24-22/h1-8,14-15,23H,9-13H2,(H,24,29)(H,26,30)/t14-,15+/m0/s1. The highest BCUT2D eigenvalue weighted by Crippen LogP contribution is 2.32. The minimum atomic E-state index is -0.527. The van der Waals surface area contributed by atoms with Crippen LogP contribution in [0.1, 0.15) is 29.6 Å². The zero-order chi connectivity index (χ0) is 20.7. The van der Waals surface area contributed by atoms with Gasteiger partial charge < -0.3 is 15.5 Å². The smallest absolute Gasteiger partial charge is 0.255 e. The molecule has 3 amide bonds. The molecule has 0 radical (unpaired) electrons. The van der Waals surface area contributed by atoms with Gasteiger partial charge in [0.2, 0.25) is 11.8 Å². The van der Waals surface area contributed by atoms with Gasteiger partial charge in [-0.15, -0.1) is 0 Å². The van der Waals surface area contributed by atoms with Gasteiger partial charge in [-0.1, -0.05) is 36.4 Å². The number of carbonyl (C=O) groups is 3. The molecule has 5 rings (SSSR count). The Bertz CT molecular complexity index is 1000. The van der Waals surface area contributed by atoms with E-state index in [2.05, 4.69) is 21.2 Å². The molecule has 1 aliphatic carbocycles. The third-order valence-corrected chi connectivity index (χ3v) is 6.33. The van der Waals surface area contributed by atoms with E-state index < -0.39 is 5.66 Å². The molecular formula is C22H23N5O3. The fraction of sp³-hybridized carbons (Fsp3) is 0.364. The number of nitrogens with zero attached hydrogens (tertiary/aromatic N) is 2. The minimum Gasteiger partial charge on any atom is -0.362 e.